The third-order valence-electron chi connectivity index (χ3n) is 4.90. The maximum absolute atomic E-state index is 11.7. The molecule has 4 aromatic rings. The number of nitrogens with one attached hydrogen (secondary N) is 1. The number of H-pyrrole nitrogens is 1. The zero-order valence-corrected chi connectivity index (χ0v) is 17.8. The summed E-state index contributed by atoms with van der Waals surface area (Å²) >= 11 is 1.46. The molecule has 0 amide bonds. The molecule has 1 aromatic carbocycles. The Labute approximate surface area is 177 Å². The van der Waals surface area contributed by atoms with E-state index in [1.807, 2.05) is 36.4 Å². The standard InChI is InChI=1S/C20H19N5O3S2/c1-30(26,27)20-21-10-13-11-25(9-8-15(13)24-20)12-14-6-7-18(28-14)29-19-22-16-4-2-3-5-17(16)23-19/h2-7,10H,8-9,11-12H2,1H3,(H,22,23). The van der Waals surface area contributed by atoms with Crippen molar-refractivity contribution in [1.29, 1.82) is 0 Å². The highest BCUT2D eigenvalue weighted by atomic mass is 32.2. The molecular weight excluding hydrogens is 422 g/mol. The third kappa shape index (κ3) is 3.98. The minimum atomic E-state index is -3.39. The largest absolute Gasteiger partial charge is 0.453 e. The smallest absolute Gasteiger partial charge is 0.246 e. The van der Waals surface area contributed by atoms with Crippen LogP contribution in [0.1, 0.15) is 17.0 Å². The maximum Gasteiger partial charge on any atom is 0.246 e. The number of hydrogen-bond donors (Lipinski definition) is 1. The highest BCUT2D eigenvalue weighted by Crippen LogP contribution is 2.29. The quantitative estimate of drug-likeness (QED) is 0.471. The van der Waals surface area contributed by atoms with Gasteiger partial charge in [-0.2, -0.15) is 0 Å². The SMILES string of the molecule is CS(=O)(=O)c1ncc2c(n1)CCN(Cc1ccc(Sc3nc4ccccc4[nH]3)o1)C2. The van der Waals surface area contributed by atoms with Crippen LogP contribution in [0.25, 0.3) is 11.0 Å². The summed E-state index contributed by atoms with van der Waals surface area (Å²) in [5, 5.41) is 1.47. The minimum Gasteiger partial charge on any atom is -0.453 e. The Kier molecular flexibility index (Phi) is 4.84. The number of fused-ring (bicyclic) bond motifs is 2. The van der Waals surface area contributed by atoms with E-state index in [0.29, 0.717) is 19.5 Å². The molecule has 0 bridgehead atoms. The molecule has 0 atom stereocenters. The molecule has 3 aromatic heterocycles. The van der Waals surface area contributed by atoms with Gasteiger partial charge in [0.05, 0.1) is 23.3 Å². The van der Waals surface area contributed by atoms with Crippen molar-refractivity contribution in [2.45, 2.75) is 34.9 Å². The average molecular weight is 442 g/mol. The number of imidazole rings is 1. The van der Waals surface area contributed by atoms with Gasteiger partial charge in [0.2, 0.25) is 15.0 Å². The average Bonchev–Trinajstić information content (AvgIpc) is 3.33. The summed E-state index contributed by atoms with van der Waals surface area (Å²) in [6.07, 6.45) is 3.43. The first-order valence-electron chi connectivity index (χ1n) is 9.42. The Balaban J connectivity index is 1.25. The summed E-state index contributed by atoms with van der Waals surface area (Å²) in [6.45, 7) is 2.10. The second kappa shape index (κ2) is 7.53. The van der Waals surface area contributed by atoms with Crippen LogP contribution in [0.15, 0.2) is 62.4 Å². The molecule has 1 aliphatic heterocycles. The van der Waals surface area contributed by atoms with Gasteiger partial charge in [0.15, 0.2) is 10.2 Å². The molecule has 0 fully saturated rings. The van der Waals surface area contributed by atoms with Gasteiger partial charge in [0.25, 0.3) is 0 Å². The van der Waals surface area contributed by atoms with E-state index in [1.54, 1.807) is 6.20 Å². The molecule has 10 heteroatoms. The van der Waals surface area contributed by atoms with Gasteiger partial charge in [0.1, 0.15) is 5.76 Å². The van der Waals surface area contributed by atoms with Crippen LogP contribution in [0.4, 0.5) is 0 Å². The highest BCUT2D eigenvalue weighted by Gasteiger charge is 2.22. The van der Waals surface area contributed by atoms with E-state index in [1.165, 1.54) is 11.8 Å². The molecule has 8 nitrogen and oxygen atoms in total. The first-order valence-corrected chi connectivity index (χ1v) is 12.1. The molecule has 154 valence electrons. The van der Waals surface area contributed by atoms with Crippen molar-refractivity contribution in [3.05, 3.63) is 59.6 Å². The normalized spacial score (nSPS) is 14.8. The number of hydrogen-bond acceptors (Lipinski definition) is 8. The fourth-order valence-electron chi connectivity index (χ4n) is 3.46. The fourth-order valence-corrected chi connectivity index (χ4v) is 4.76. The van der Waals surface area contributed by atoms with Crippen molar-refractivity contribution in [3.8, 4) is 0 Å². The molecule has 4 heterocycles. The predicted molar refractivity (Wildman–Crippen MR) is 112 cm³/mol. The second-order valence-corrected chi connectivity index (χ2v) is 10.1. The van der Waals surface area contributed by atoms with E-state index in [-0.39, 0.29) is 5.16 Å². The van der Waals surface area contributed by atoms with Crippen molar-refractivity contribution in [2.24, 2.45) is 0 Å². The Morgan fingerprint density at radius 3 is 2.90 bits per heavy atom. The molecule has 0 unspecified atom stereocenters. The fraction of sp³-hybridized carbons (Fsp3) is 0.250. The maximum atomic E-state index is 11.7. The summed E-state index contributed by atoms with van der Waals surface area (Å²) in [5.74, 6) is 0.866. The lowest BCUT2D eigenvalue weighted by atomic mass is 10.1. The van der Waals surface area contributed by atoms with Crippen LogP contribution in [0.2, 0.25) is 0 Å². The lowest BCUT2D eigenvalue weighted by Crippen LogP contribution is -2.31. The van der Waals surface area contributed by atoms with Gasteiger partial charge in [-0.25, -0.2) is 23.4 Å². The zero-order valence-electron chi connectivity index (χ0n) is 16.2. The summed E-state index contributed by atoms with van der Waals surface area (Å²) in [4.78, 5) is 18.3. The Morgan fingerprint density at radius 2 is 2.07 bits per heavy atom. The molecule has 1 N–H and O–H groups in total. The van der Waals surface area contributed by atoms with E-state index < -0.39 is 9.84 Å². The predicted octanol–water partition coefficient (Wildman–Crippen LogP) is 3.06. The van der Waals surface area contributed by atoms with Crippen molar-refractivity contribution in [3.63, 3.8) is 0 Å². The molecule has 1 aliphatic rings. The lowest BCUT2D eigenvalue weighted by molar-refractivity contribution is 0.217. The van der Waals surface area contributed by atoms with Gasteiger partial charge in [-0.05, 0) is 36.0 Å². The number of sulfone groups is 1. The number of para-hydroxylation sites is 2. The van der Waals surface area contributed by atoms with E-state index >= 15 is 0 Å². The van der Waals surface area contributed by atoms with Crippen LogP contribution in [0, 0.1) is 0 Å². The Morgan fingerprint density at radius 1 is 1.20 bits per heavy atom. The summed E-state index contributed by atoms with van der Waals surface area (Å²) in [5.41, 5.74) is 3.69. The lowest BCUT2D eigenvalue weighted by Gasteiger charge is -2.27. The number of furan rings is 1. The third-order valence-corrected chi connectivity index (χ3v) is 6.57. The molecule has 0 aliphatic carbocycles. The first kappa shape index (κ1) is 19.3. The monoisotopic (exact) mass is 441 g/mol. The number of rotatable bonds is 5. The number of aromatic amines is 1. The van der Waals surface area contributed by atoms with Crippen LogP contribution < -0.4 is 0 Å². The van der Waals surface area contributed by atoms with Crippen LogP contribution in [-0.2, 0) is 29.3 Å². The number of aromatic nitrogens is 4. The highest BCUT2D eigenvalue weighted by molar-refractivity contribution is 7.99. The van der Waals surface area contributed by atoms with Gasteiger partial charge < -0.3 is 9.40 Å². The van der Waals surface area contributed by atoms with Gasteiger partial charge in [0, 0.05) is 37.5 Å². The molecule has 0 saturated heterocycles. The molecule has 30 heavy (non-hydrogen) atoms. The topological polar surface area (TPSA) is 105 Å². The summed E-state index contributed by atoms with van der Waals surface area (Å²) in [7, 11) is -3.39. The molecule has 5 rings (SSSR count). The number of benzene rings is 1. The van der Waals surface area contributed by atoms with Crippen LogP contribution >= 0.6 is 11.8 Å². The Hall–Kier alpha value is -2.69. The van der Waals surface area contributed by atoms with E-state index in [2.05, 4.69) is 24.8 Å². The summed E-state index contributed by atoms with van der Waals surface area (Å²) in [6, 6.07) is 11.8. The molecule has 0 spiro atoms. The number of nitrogens with zero attached hydrogens (tertiary/aromatic N) is 4. The molecule has 0 radical (unpaired) electrons. The van der Waals surface area contributed by atoms with E-state index in [4.69, 9.17) is 4.42 Å². The second-order valence-electron chi connectivity index (χ2n) is 7.24. The van der Waals surface area contributed by atoms with Gasteiger partial charge in [-0.15, -0.1) is 0 Å². The minimum absolute atomic E-state index is 0.104. The van der Waals surface area contributed by atoms with Crippen LogP contribution in [0.3, 0.4) is 0 Å². The molecule has 0 saturated carbocycles. The van der Waals surface area contributed by atoms with Crippen molar-refractivity contribution >= 4 is 32.6 Å². The van der Waals surface area contributed by atoms with Gasteiger partial charge in [-0.3, -0.25) is 4.90 Å². The van der Waals surface area contributed by atoms with E-state index in [0.717, 1.165) is 51.1 Å². The van der Waals surface area contributed by atoms with Gasteiger partial charge in [-0.1, -0.05) is 12.1 Å². The summed E-state index contributed by atoms with van der Waals surface area (Å²) < 4.78 is 29.3. The Bertz CT molecular complexity index is 1300. The van der Waals surface area contributed by atoms with Crippen molar-refractivity contribution in [1.82, 2.24) is 24.8 Å². The first-order chi connectivity index (χ1) is 14.4. The van der Waals surface area contributed by atoms with Crippen LogP contribution in [0.5, 0.6) is 0 Å². The van der Waals surface area contributed by atoms with Crippen molar-refractivity contribution < 1.29 is 12.8 Å². The van der Waals surface area contributed by atoms with E-state index in [9.17, 15) is 8.42 Å². The zero-order chi connectivity index (χ0) is 20.7. The van der Waals surface area contributed by atoms with Crippen LogP contribution in [-0.4, -0.2) is 46.1 Å². The van der Waals surface area contributed by atoms with Crippen molar-refractivity contribution in [2.75, 3.05) is 12.8 Å². The van der Waals surface area contributed by atoms with Gasteiger partial charge >= 0.3 is 0 Å². The molecular formula is C20H19N5O3S2.